The predicted molar refractivity (Wildman–Crippen MR) is 165 cm³/mol. The van der Waals surface area contributed by atoms with Gasteiger partial charge in [0.1, 0.15) is 22.7 Å². The number of fused-ring (bicyclic) bond motifs is 9. The normalized spacial score (nSPS) is 12.7. The number of hydrogen-bond acceptors (Lipinski definition) is 3. The molecule has 1 aliphatic heterocycles. The fourth-order valence-electron chi connectivity index (χ4n) is 6.40. The van der Waals surface area contributed by atoms with E-state index in [1.807, 2.05) is 18.2 Å². The molecule has 8 aromatic rings. The first-order chi connectivity index (χ1) is 20.3. The number of hydrogen-bond donors (Lipinski definition) is 0. The Hall–Kier alpha value is -5.48. The molecular weight excluding hydrogens is 506 g/mol. The van der Waals surface area contributed by atoms with Crippen LogP contribution in [0.1, 0.15) is 0 Å². The summed E-state index contributed by atoms with van der Waals surface area (Å²) in [7, 11) is 0. The maximum Gasteiger partial charge on any atom is 0.230 e. The van der Waals surface area contributed by atoms with Gasteiger partial charge in [-0.25, -0.2) is 0 Å². The van der Waals surface area contributed by atoms with E-state index in [0.29, 0.717) is 0 Å². The van der Waals surface area contributed by atoms with E-state index in [1.54, 1.807) is 0 Å². The van der Waals surface area contributed by atoms with Crippen molar-refractivity contribution < 1.29 is 13.9 Å². The van der Waals surface area contributed by atoms with Crippen molar-refractivity contribution in [1.29, 1.82) is 0 Å². The molecule has 2 aromatic heterocycles. The summed E-state index contributed by atoms with van der Waals surface area (Å²) in [5.41, 5.74) is 9.42. The van der Waals surface area contributed by atoms with Gasteiger partial charge in [-0.3, -0.25) is 0 Å². The van der Waals surface area contributed by atoms with Gasteiger partial charge in [0.05, 0.1) is 11.0 Å². The molecule has 0 unspecified atom stereocenters. The van der Waals surface area contributed by atoms with Gasteiger partial charge in [-0.15, -0.1) is 0 Å². The fourth-order valence-corrected chi connectivity index (χ4v) is 6.40. The minimum atomic E-state index is 0.163. The molecule has 4 heteroatoms. The first kappa shape index (κ1) is 22.3. The quantitative estimate of drug-likeness (QED) is 0.224. The maximum atomic E-state index is 6.18. The van der Waals surface area contributed by atoms with Gasteiger partial charge in [0.2, 0.25) is 6.79 Å². The summed E-state index contributed by atoms with van der Waals surface area (Å²) < 4.78 is 20.7. The van der Waals surface area contributed by atoms with Crippen LogP contribution in [-0.4, -0.2) is 11.4 Å². The second-order valence-corrected chi connectivity index (χ2v) is 10.4. The highest BCUT2D eigenvalue weighted by Gasteiger charge is 2.21. The molecule has 0 atom stereocenters. The standard InChI is InChI=1S/C37H23NO3/c1-4-12-31-26(8-1)27-9-2-5-13-32(27)38(31)24-17-19-34-30(21-24)29-20-23(16-18-33(29)39-22-40-34)25-11-7-15-36-37(25)28-10-3-6-14-35(28)41-36/h1-21H,22H2. The van der Waals surface area contributed by atoms with Crippen LogP contribution in [0.5, 0.6) is 11.5 Å². The van der Waals surface area contributed by atoms with Crippen molar-refractivity contribution in [3.8, 4) is 39.4 Å². The third kappa shape index (κ3) is 3.28. The Morgan fingerprint density at radius 3 is 1.90 bits per heavy atom. The van der Waals surface area contributed by atoms with Crippen LogP contribution in [0.4, 0.5) is 0 Å². The zero-order valence-electron chi connectivity index (χ0n) is 22.0. The van der Waals surface area contributed by atoms with E-state index in [4.69, 9.17) is 13.9 Å². The molecule has 3 heterocycles. The number of rotatable bonds is 2. The molecule has 0 fully saturated rings. The summed E-state index contributed by atoms with van der Waals surface area (Å²) in [4.78, 5) is 0. The molecule has 0 aliphatic carbocycles. The highest BCUT2D eigenvalue weighted by molar-refractivity contribution is 6.13. The van der Waals surface area contributed by atoms with Crippen LogP contribution < -0.4 is 9.47 Å². The zero-order chi connectivity index (χ0) is 26.9. The second kappa shape index (κ2) is 8.51. The molecule has 194 valence electrons. The molecule has 0 bridgehead atoms. The molecule has 0 saturated carbocycles. The molecule has 6 aromatic carbocycles. The van der Waals surface area contributed by atoms with Crippen LogP contribution >= 0.6 is 0 Å². The minimum absolute atomic E-state index is 0.163. The highest BCUT2D eigenvalue weighted by atomic mass is 16.7. The van der Waals surface area contributed by atoms with Gasteiger partial charge in [-0.1, -0.05) is 72.8 Å². The van der Waals surface area contributed by atoms with Crippen molar-refractivity contribution in [1.82, 2.24) is 4.57 Å². The van der Waals surface area contributed by atoms with Crippen LogP contribution in [0, 0.1) is 0 Å². The maximum absolute atomic E-state index is 6.18. The van der Waals surface area contributed by atoms with Gasteiger partial charge in [0, 0.05) is 38.4 Å². The molecule has 0 N–H and O–H groups in total. The predicted octanol–water partition coefficient (Wildman–Crippen LogP) is 9.75. The van der Waals surface area contributed by atoms with Crippen LogP contribution in [0.15, 0.2) is 132 Å². The summed E-state index contributed by atoms with van der Waals surface area (Å²) in [6, 6.07) is 44.4. The van der Waals surface area contributed by atoms with Crippen LogP contribution in [0.25, 0.3) is 71.7 Å². The summed E-state index contributed by atoms with van der Waals surface area (Å²) in [6.07, 6.45) is 0. The Balaban J connectivity index is 1.28. The molecule has 41 heavy (non-hydrogen) atoms. The van der Waals surface area contributed by atoms with E-state index in [-0.39, 0.29) is 6.79 Å². The Kier molecular flexibility index (Phi) is 4.64. The molecule has 0 radical (unpaired) electrons. The van der Waals surface area contributed by atoms with Crippen molar-refractivity contribution in [2.45, 2.75) is 0 Å². The number of para-hydroxylation sites is 3. The Morgan fingerprint density at radius 1 is 0.488 bits per heavy atom. The number of furan rings is 1. The van der Waals surface area contributed by atoms with E-state index in [0.717, 1.165) is 61.4 Å². The van der Waals surface area contributed by atoms with Crippen LogP contribution in [0.2, 0.25) is 0 Å². The Labute approximate surface area is 235 Å². The van der Waals surface area contributed by atoms with Crippen molar-refractivity contribution in [2.24, 2.45) is 0 Å². The lowest BCUT2D eigenvalue weighted by Gasteiger charge is -2.14. The van der Waals surface area contributed by atoms with E-state index in [2.05, 4.69) is 114 Å². The van der Waals surface area contributed by atoms with Gasteiger partial charge >= 0.3 is 0 Å². The molecule has 0 spiro atoms. The largest absolute Gasteiger partial charge is 0.457 e. The average molecular weight is 530 g/mol. The molecule has 1 aliphatic rings. The topological polar surface area (TPSA) is 36.5 Å². The Bertz CT molecular complexity index is 2250. The molecule has 0 amide bonds. The van der Waals surface area contributed by atoms with Gasteiger partial charge in [0.25, 0.3) is 0 Å². The molecular formula is C37H23NO3. The molecule has 9 rings (SSSR count). The second-order valence-electron chi connectivity index (χ2n) is 10.4. The van der Waals surface area contributed by atoms with E-state index < -0.39 is 0 Å². The van der Waals surface area contributed by atoms with Gasteiger partial charge < -0.3 is 18.5 Å². The summed E-state index contributed by atoms with van der Waals surface area (Å²) in [5, 5.41) is 4.70. The number of nitrogens with zero attached hydrogens (tertiary/aromatic N) is 1. The number of aromatic nitrogens is 1. The molecule has 4 nitrogen and oxygen atoms in total. The molecule has 0 saturated heterocycles. The van der Waals surface area contributed by atoms with Gasteiger partial charge in [0.15, 0.2) is 0 Å². The van der Waals surface area contributed by atoms with E-state index in [9.17, 15) is 0 Å². The minimum Gasteiger partial charge on any atom is -0.457 e. The highest BCUT2D eigenvalue weighted by Crippen LogP contribution is 2.45. The van der Waals surface area contributed by atoms with E-state index >= 15 is 0 Å². The van der Waals surface area contributed by atoms with Crippen molar-refractivity contribution in [3.63, 3.8) is 0 Å². The van der Waals surface area contributed by atoms with Crippen LogP contribution in [-0.2, 0) is 0 Å². The third-order valence-corrected chi connectivity index (χ3v) is 8.21. The lowest BCUT2D eigenvalue weighted by molar-refractivity contribution is 0.125. The van der Waals surface area contributed by atoms with Crippen LogP contribution in [0.3, 0.4) is 0 Å². The Morgan fingerprint density at radius 2 is 1.12 bits per heavy atom. The van der Waals surface area contributed by atoms with Crippen molar-refractivity contribution in [2.75, 3.05) is 6.79 Å². The first-order valence-electron chi connectivity index (χ1n) is 13.8. The number of benzene rings is 6. The lowest BCUT2D eigenvalue weighted by atomic mass is 9.94. The first-order valence-corrected chi connectivity index (χ1v) is 13.8. The van der Waals surface area contributed by atoms with Gasteiger partial charge in [-0.05, 0) is 65.7 Å². The average Bonchev–Trinajstić information content (AvgIpc) is 3.51. The fraction of sp³-hybridized carbons (Fsp3) is 0.0270. The summed E-state index contributed by atoms with van der Waals surface area (Å²) >= 11 is 0. The zero-order valence-corrected chi connectivity index (χ0v) is 22.0. The smallest absolute Gasteiger partial charge is 0.230 e. The SMILES string of the molecule is c1ccc2c(c1)oc1cccc(-c3ccc4c(c3)-c3cc(-n5c6ccccc6c6ccccc65)ccc3OCO4)c12. The lowest BCUT2D eigenvalue weighted by Crippen LogP contribution is -2.03. The van der Waals surface area contributed by atoms with Gasteiger partial charge in [-0.2, -0.15) is 0 Å². The van der Waals surface area contributed by atoms with E-state index in [1.165, 1.54) is 21.8 Å². The monoisotopic (exact) mass is 529 g/mol. The van der Waals surface area contributed by atoms with Crippen molar-refractivity contribution >= 4 is 43.7 Å². The van der Waals surface area contributed by atoms with Crippen molar-refractivity contribution in [3.05, 3.63) is 127 Å². The summed E-state index contributed by atoms with van der Waals surface area (Å²) in [5.74, 6) is 1.61. The third-order valence-electron chi connectivity index (χ3n) is 8.21. The summed E-state index contributed by atoms with van der Waals surface area (Å²) in [6.45, 7) is 0.163. The number of ether oxygens (including phenoxy) is 2.